The van der Waals surface area contributed by atoms with E-state index in [-0.39, 0.29) is 11.9 Å². The van der Waals surface area contributed by atoms with Gasteiger partial charge < -0.3 is 10.6 Å². The van der Waals surface area contributed by atoms with Gasteiger partial charge in [0.25, 0.3) is 0 Å². The first-order valence-corrected chi connectivity index (χ1v) is 8.31. The van der Waals surface area contributed by atoms with E-state index in [1.165, 1.54) is 24.9 Å². The third-order valence-electron chi connectivity index (χ3n) is 4.29. The first-order chi connectivity index (χ1) is 10.0. The van der Waals surface area contributed by atoms with E-state index in [9.17, 15) is 4.39 Å². The highest BCUT2D eigenvalue weighted by molar-refractivity contribution is 5.56. The summed E-state index contributed by atoms with van der Waals surface area (Å²) in [5, 5.41) is 0. The van der Waals surface area contributed by atoms with Crippen LogP contribution in [0.15, 0.2) is 18.2 Å². The number of rotatable bonds is 8. The fraction of sp³-hybridized carbons (Fsp3) is 0.667. The van der Waals surface area contributed by atoms with Crippen molar-refractivity contribution in [2.45, 2.75) is 65.0 Å². The molecule has 0 saturated heterocycles. The topological polar surface area (TPSA) is 29.3 Å². The molecule has 0 heterocycles. The van der Waals surface area contributed by atoms with Crippen LogP contribution < -0.4 is 10.6 Å². The second-order valence-electron chi connectivity index (χ2n) is 6.75. The van der Waals surface area contributed by atoms with Crippen LogP contribution in [-0.2, 0) is 6.42 Å². The van der Waals surface area contributed by atoms with Crippen LogP contribution in [0.2, 0.25) is 0 Å². The summed E-state index contributed by atoms with van der Waals surface area (Å²) in [6.07, 6.45) is 5.37. The predicted octanol–water partition coefficient (Wildman–Crippen LogP) is 4.12. The van der Waals surface area contributed by atoms with Crippen LogP contribution in [0.25, 0.3) is 0 Å². The number of nitrogens with zero attached hydrogens (tertiary/aromatic N) is 1. The molecule has 0 amide bonds. The van der Waals surface area contributed by atoms with E-state index in [0.717, 1.165) is 24.9 Å². The quantitative estimate of drug-likeness (QED) is 0.781. The zero-order valence-electron chi connectivity index (χ0n) is 13.6. The first-order valence-electron chi connectivity index (χ1n) is 8.31. The molecular weight excluding hydrogens is 263 g/mol. The molecule has 2 N–H and O–H groups in total. The van der Waals surface area contributed by atoms with Gasteiger partial charge in [-0.15, -0.1) is 0 Å². The Labute approximate surface area is 128 Å². The van der Waals surface area contributed by atoms with Crippen molar-refractivity contribution in [3.8, 4) is 0 Å². The average molecular weight is 292 g/mol. The van der Waals surface area contributed by atoms with Gasteiger partial charge in [0.15, 0.2) is 0 Å². The number of anilines is 1. The average Bonchev–Trinajstić information content (AvgIpc) is 3.25. The van der Waals surface area contributed by atoms with Crippen LogP contribution in [0, 0.1) is 11.7 Å². The number of hydrogen-bond donors (Lipinski definition) is 1. The van der Waals surface area contributed by atoms with Gasteiger partial charge in [-0.3, -0.25) is 0 Å². The standard InChI is InChI=1S/C18H29FN2/c1-4-16(20)12-14-11-15(19)5-8-18(14)21(17-6-7-17)10-9-13(2)3/h5,8,11,13,16-17H,4,6-7,9-10,12,20H2,1-3H3. The van der Waals surface area contributed by atoms with Crippen LogP contribution in [-0.4, -0.2) is 18.6 Å². The summed E-state index contributed by atoms with van der Waals surface area (Å²) in [6, 6.07) is 5.96. The Hall–Kier alpha value is -1.09. The summed E-state index contributed by atoms with van der Waals surface area (Å²) >= 11 is 0. The van der Waals surface area contributed by atoms with Crippen molar-refractivity contribution in [3.63, 3.8) is 0 Å². The zero-order valence-corrected chi connectivity index (χ0v) is 13.6. The highest BCUT2D eigenvalue weighted by atomic mass is 19.1. The zero-order chi connectivity index (χ0) is 15.4. The summed E-state index contributed by atoms with van der Waals surface area (Å²) in [6.45, 7) is 7.65. The Kier molecular flexibility index (Phi) is 5.63. The normalized spacial score (nSPS) is 16.3. The molecule has 1 aliphatic carbocycles. The lowest BCUT2D eigenvalue weighted by atomic mass is 10.0. The maximum Gasteiger partial charge on any atom is 0.123 e. The third kappa shape index (κ3) is 4.70. The molecule has 1 aromatic carbocycles. The lowest BCUT2D eigenvalue weighted by Gasteiger charge is -2.28. The van der Waals surface area contributed by atoms with Crippen LogP contribution in [0.4, 0.5) is 10.1 Å². The minimum Gasteiger partial charge on any atom is -0.368 e. The monoisotopic (exact) mass is 292 g/mol. The third-order valence-corrected chi connectivity index (χ3v) is 4.29. The summed E-state index contributed by atoms with van der Waals surface area (Å²) in [5.41, 5.74) is 8.36. The molecule has 0 spiro atoms. The van der Waals surface area contributed by atoms with Gasteiger partial charge in [0.2, 0.25) is 0 Å². The summed E-state index contributed by atoms with van der Waals surface area (Å²) < 4.78 is 13.6. The van der Waals surface area contributed by atoms with E-state index in [1.807, 2.05) is 6.07 Å². The minimum absolute atomic E-state index is 0.108. The Bertz CT molecular complexity index is 455. The molecular formula is C18H29FN2. The van der Waals surface area contributed by atoms with Gasteiger partial charge >= 0.3 is 0 Å². The van der Waals surface area contributed by atoms with Crippen LogP contribution in [0.3, 0.4) is 0 Å². The largest absolute Gasteiger partial charge is 0.368 e. The molecule has 3 heteroatoms. The number of benzene rings is 1. The number of nitrogens with two attached hydrogens (primary N) is 1. The van der Waals surface area contributed by atoms with Gasteiger partial charge in [-0.05, 0) is 61.8 Å². The molecule has 2 rings (SSSR count). The molecule has 118 valence electrons. The molecule has 21 heavy (non-hydrogen) atoms. The van der Waals surface area contributed by atoms with Crippen molar-refractivity contribution in [3.05, 3.63) is 29.6 Å². The molecule has 1 atom stereocenters. The molecule has 0 bridgehead atoms. The fourth-order valence-electron chi connectivity index (χ4n) is 2.71. The van der Waals surface area contributed by atoms with Gasteiger partial charge in [-0.2, -0.15) is 0 Å². The maximum absolute atomic E-state index is 13.6. The van der Waals surface area contributed by atoms with Gasteiger partial charge in [-0.25, -0.2) is 4.39 Å². The van der Waals surface area contributed by atoms with Gasteiger partial charge in [0, 0.05) is 24.3 Å². The molecule has 1 saturated carbocycles. The van der Waals surface area contributed by atoms with Crippen LogP contribution in [0.5, 0.6) is 0 Å². The van der Waals surface area contributed by atoms with Crippen molar-refractivity contribution in [1.29, 1.82) is 0 Å². The predicted molar refractivity (Wildman–Crippen MR) is 88.2 cm³/mol. The van der Waals surface area contributed by atoms with Crippen LogP contribution >= 0.6 is 0 Å². The first kappa shape index (κ1) is 16.3. The molecule has 0 radical (unpaired) electrons. The highest BCUT2D eigenvalue weighted by Crippen LogP contribution is 2.35. The molecule has 2 nitrogen and oxygen atoms in total. The summed E-state index contributed by atoms with van der Waals surface area (Å²) in [5.74, 6) is 0.532. The van der Waals surface area contributed by atoms with Crippen molar-refractivity contribution >= 4 is 5.69 Å². The minimum atomic E-state index is -0.156. The maximum atomic E-state index is 13.6. The molecule has 0 aliphatic heterocycles. The van der Waals surface area contributed by atoms with Crippen molar-refractivity contribution in [2.75, 3.05) is 11.4 Å². The highest BCUT2D eigenvalue weighted by Gasteiger charge is 2.30. The smallest absolute Gasteiger partial charge is 0.123 e. The Morgan fingerprint density at radius 1 is 1.33 bits per heavy atom. The molecule has 0 aromatic heterocycles. The number of halogens is 1. The van der Waals surface area contributed by atoms with E-state index in [1.54, 1.807) is 12.1 Å². The Morgan fingerprint density at radius 2 is 2.05 bits per heavy atom. The summed E-state index contributed by atoms with van der Waals surface area (Å²) in [4.78, 5) is 2.48. The Morgan fingerprint density at radius 3 is 2.62 bits per heavy atom. The SMILES string of the molecule is CCC(N)Cc1cc(F)ccc1N(CCC(C)C)C1CC1. The number of hydrogen-bond acceptors (Lipinski definition) is 2. The van der Waals surface area contributed by atoms with Crippen LogP contribution in [0.1, 0.15) is 52.0 Å². The van der Waals surface area contributed by atoms with Gasteiger partial charge in [-0.1, -0.05) is 20.8 Å². The fourth-order valence-corrected chi connectivity index (χ4v) is 2.71. The second kappa shape index (κ2) is 7.26. The lowest BCUT2D eigenvalue weighted by molar-refractivity contribution is 0.567. The van der Waals surface area contributed by atoms with Crippen molar-refractivity contribution in [2.24, 2.45) is 11.7 Å². The lowest BCUT2D eigenvalue weighted by Crippen LogP contribution is -2.30. The Balaban J connectivity index is 2.21. The van der Waals surface area contributed by atoms with Gasteiger partial charge in [0.1, 0.15) is 5.82 Å². The van der Waals surface area contributed by atoms with E-state index in [4.69, 9.17) is 5.73 Å². The van der Waals surface area contributed by atoms with Gasteiger partial charge in [0.05, 0.1) is 0 Å². The van der Waals surface area contributed by atoms with E-state index in [0.29, 0.717) is 12.0 Å². The molecule has 1 aromatic rings. The van der Waals surface area contributed by atoms with E-state index >= 15 is 0 Å². The summed E-state index contributed by atoms with van der Waals surface area (Å²) in [7, 11) is 0. The second-order valence-corrected chi connectivity index (χ2v) is 6.75. The van der Waals surface area contributed by atoms with Crippen molar-refractivity contribution in [1.82, 2.24) is 0 Å². The van der Waals surface area contributed by atoms with E-state index < -0.39 is 0 Å². The molecule has 1 unspecified atom stereocenters. The molecule has 1 fully saturated rings. The molecule has 1 aliphatic rings. The van der Waals surface area contributed by atoms with Crippen molar-refractivity contribution < 1.29 is 4.39 Å². The van der Waals surface area contributed by atoms with E-state index in [2.05, 4.69) is 25.7 Å².